The van der Waals surface area contributed by atoms with Crippen molar-refractivity contribution in [2.24, 2.45) is 7.05 Å². The van der Waals surface area contributed by atoms with E-state index in [-0.39, 0.29) is 42.3 Å². The zero-order valence-corrected chi connectivity index (χ0v) is 18.6. The fraction of sp³-hybridized carbons (Fsp3) is 0.318. The molecule has 1 aliphatic heterocycles. The van der Waals surface area contributed by atoms with Gasteiger partial charge in [-0.3, -0.25) is 0 Å². The minimum atomic E-state index is -4.48. The van der Waals surface area contributed by atoms with E-state index in [2.05, 4.69) is 10.3 Å². The molecule has 0 radical (unpaired) electrons. The van der Waals surface area contributed by atoms with E-state index in [1.54, 1.807) is 11.6 Å². The molecule has 1 saturated heterocycles. The maximum atomic E-state index is 13.1. The van der Waals surface area contributed by atoms with Crippen LogP contribution in [0.3, 0.4) is 0 Å². The summed E-state index contributed by atoms with van der Waals surface area (Å²) >= 11 is 0. The molecule has 0 saturated carbocycles. The Morgan fingerprint density at radius 3 is 2.52 bits per heavy atom. The molecule has 1 aliphatic rings. The van der Waals surface area contributed by atoms with Crippen LogP contribution >= 0.6 is 0 Å². The summed E-state index contributed by atoms with van der Waals surface area (Å²) in [6, 6.07) is 12.3. The molecule has 2 heterocycles. The molecule has 3 aromatic rings. The highest BCUT2D eigenvalue weighted by Gasteiger charge is 2.40. The molecule has 2 atom stereocenters. The van der Waals surface area contributed by atoms with Crippen molar-refractivity contribution in [3.8, 4) is 0 Å². The van der Waals surface area contributed by atoms with Gasteiger partial charge in [0.05, 0.1) is 11.9 Å². The predicted molar refractivity (Wildman–Crippen MR) is 118 cm³/mol. The SMILES string of the molecule is Cn1cnc(S(=O)(=O)N2C[C@H](NCc3cc(C(F)(F)F)ccc3N)[C@@H](c3ccccc3)C2)c1. The van der Waals surface area contributed by atoms with E-state index in [4.69, 9.17) is 5.73 Å². The first-order chi connectivity index (χ1) is 15.6. The number of alkyl halides is 3. The van der Waals surface area contributed by atoms with Gasteiger partial charge in [0.2, 0.25) is 0 Å². The largest absolute Gasteiger partial charge is 0.416 e. The third kappa shape index (κ3) is 4.90. The van der Waals surface area contributed by atoms with Crippen molar-refractivity contribution in [1.82, 2.24) is 19.2 Å². The van der Waals surface area contributed by atoms with Crippen molar-refractivity contribution in [3.05, 3.63) is 77.7 Å². The Hall–Kier alpha value is -2.89. The number of aryl methyl sites for hydroxylation is 1. The molecule has 11 heteroatoms. The normalized spacial score (nSPS) is 19.8. The van der Waals surface area contributed by atoms with Gasteiger partial charge in [-0.05, 0) is 29.3 Å². The number of nitrogens with zero attached hydrogens (tertiary/aromatic N) is 3. The molecular formula is C22H24F3N5O2S. The Balaban J connectivity index is 1.59. The third-order valence-electron chi connectivity index (χ3n) is 5.82. The lowest BCUT2D eigenvalue weighted by atomic mass is 9.94. The lowest BCUT2D eigenvalue weighted by Crippen LogP contribution is -2.36. The van der Waals surface area contributed by atoms with Crippen LogP contribution in [-0.4, -0.2) is 41.4 Å². The molecule has 1 aromatic heterocycles. The van der Waals surface area contributed by atoms with Crippen LogP contribution in [0.4, 0.5) is 18.9 Å². The average Bonchev–Trinajstić information content (AvgIpc) is 3.40. The van der Waals surface area contributed by atoms with Crippen LogP contribution in [0.25, 0.3) is 0 Å². The second kappa shape index (κ2) is 8.81. The first-order valence-electron chi connectivity index (χ1n) is 10.3. The number of rotatable bonds is 6. The molecule has 4 rings (SSSR count). The lowest BCUT2D eigenvalue weighted by Gasteiger charge is -2.21. The number of hydrogen-bond donors (Lipinski definition) is 2. The monoisotopic (exact) mass is 479 g/mol. The van der Waals surface area contributed by atoms with E-state index in [1.807, 2.05) is 30.3 Å². The van der Waals surface area contributed by atoms with Crippen molar-refractivity contribution < 1.29 is 21.6 Å². The average molecular weight is 480 g/mol. The van der Waals surface area contributed by atoms with Gasteiger partial charge in [-0.2, -0.15) is 17.5 Å². The second-order valence-electron chi connectivity index (χ2n) is 8.12. The highest BCUT2D eigenvalue weighted by Crippen LogP contribution is 2.33. The highest BCUT2D eigenvalue weighted by atomic mass is 32.2. The van der Waals surface area contributed by atoms with E-state index in [0.29, 0.717) is 5.56 Å². The topological polar surface area (TPSA) is 93.2 Å². The Morgan fingerprint density at radius 2 is 1.88 bits per heavy atom. The number of nitrogens with two attached hydrogens (primary N) is 1. The van der Waals surface area contributed by atoms with Crippen molar-refractivity contribution in [3.63, 3.8) is 0 Å². The van der Waals surface area contributed by atoms with Crippen LogP contribution in [0.5, 0.6) is 0 Å². The van der Waals surface area contributed by atoms with Crippen molar-refractivity contribution in [1.29, 1.82) is 0 Å². The highest BCUT2D eigenvalue weighted by molar-refractivity contribution is 7.89. The van der Waals surface area contributed by atoms with Gasteiger partial charge in [0, 0.05) is 50.5 Å². The Kier molecular flexibility index (Phi) is 6.21. The predicted octanol–water partition coefficient (Wildman–Crippen LogP) is 2.97. The van der Waals surface area contributed by atoms with Gasteiger partial charge in [0.25, 0.3) is 10.0 Å². The summed E-state index contributed by atoms with van der Waals surface area (Å²) < 4.78 is 68.6. The van der Waals surface area contributed by atoms with E-state index in [1.165, 1.54) is 22.9 Å². The Bertz CT molecular complexity index is 1230. The maximum Gasteiger partial charge on any atom is 0.416 e. The fourth-order valence-electron chi connectivity index (χ4n) is 4.04. The van der Waals surface area contributed by atoms with Crippen molar-refractivity contribution in [2.45, 2.75) is 29.7 Å². The third-order valence-corrected chi connectivity index (χ3v) is 7.54. The lowest BCUT2D eigenvalue weighted by molar-refractivity contribution is -0.137. The van der Waals surface area contributed by atoms with Crippen LogP contribution in [0.1, 0.15) is 22.6 Å². The number of anilines is 1. The van der Waals surface area contributed by atoms with Crippen molar-refractivity contribution >= 4 is 15.7 Å². The first kappa shape index (κ1) is 23.3. The molecule has 7 nitrogen and oxygen atoms in total. The standard InChI is InChI=1S/C22H24F3N5O2S/c1-29-13-21(28-14-29)33(31,32)30-11-18(15-5-3-2-4-6-15)20(12-30)27-10-16-9-17(22(23,24)25)7-8-19(16)26/h2-9,13-14,18,20,27H,10-12,26H2,1H3/t18-,20+/m1/s1. The minimum Gasteiger partial charge on any atom is -0.398 e. The van der Waals surface area contributed by atoms with Gasteiger partial charge in [-0.25, -0.2) is 13.4 Å². The van der Waals surface area contributed by atoms with Crippen molar-refractivity contribution in [2.75, 3.05) is 18.8 Å². The fourth-order valence-corrected chi connectivity index (χ4v) is 5.50. The summed E-state index contributed by atoms with van der Waals surface area (Å²) in [5, 5.41) is 3.20. The number of sulfonamides is 1. The molecule has 0 spiro atoms. The molecule has 0 amide bonds. The number of benzene rings is 2. The van der Waals surface area contributed by atoms with Crippen LogP contribution < -0.4 is 11.1 Å². The van der Waals surface area contributed by atoms with Crippen LogP contribution in [0, 0.1) is 0 Å². The molecular weight excluding hydrogens is 455 g/mol. The van der Waals surface area contributed by atoms with Gasteiger partial charge >= 0.3 is 6.18 Å². The quantitative estimate of drug-likeness (QED) is 0.531. The molecule has 0 unspecified atom stereocenters. The van der Waals surface area contributed by atoms with E-state index < -0.39 is 21.8 Å². The number of halogens is 3. The molecule has 176 valence electrons. The summed E-state index contributed by atoms with van der Waals surface area (Å²) in [4.78, 5) is 3.98. The zero-order valence-electron chi connectivity index (χ0n) is 17.8. The van der Waals surface area contributed by atoms with Gasteiger partial charge in [-0.1, -0.05) is 30.3 Å². The second-order valence-corrected chi connectivity index (χ2v) is 10.0. The summed E-state index contributed by atoms with van der Waals surface area (Å²) in [6.45, 7) is 0.442. The number of hydrogen-bond acceptors (Lipinski definition) is 5. The maximum absolute atomic E-state index is 13.1. The summed E-state index contributed by atoms with van der Waals surface area (Å²) in [5.41, 5.74) is 6.62. The minimum absolute atomic E-state index is 0.0421. The number of imidazole rings is 1. The van der Waals surface area contributed by atoms with E-state index in [9.17, 15) is 21.6 Å². The van der Waals surface area contributed by atoms with Crippen LogP contribution in [0.2, 0.25) is 0 Å². The molecule has 33 heavy (non-hydrogen) atoms. The van der Waals surface area contributed by atoms with Crippen LogP contribution in [0.15, 0.2) is 66.1 Å². The molecule has 0 aliphatic carbocycles. The van der Waals surface area contributed by atoms with Gasteiger partial charge in [0.15, 0.2) is 5.03 Å². The van der Waals surface area contributed by atoms with Gasteiger partial charge in [0.1, 0.15) is 0 Å². The number of nitrogen functional groups attached to an aromatic ring is 1. The first-order valence-corrected chi connectivity index (χ1v) is 11.7. The summed E-state index contributed by atoms with van der Waals surface area (Å²) in [6.07, 6.45) is -1.61. The molecule has 1 fully saturated rings. The summed E-state index contributed by atoms with van der Waals surface area (Å²) in [7, 11) is -2.13. The van der Waals surface area contributed by atoms with Gasteiger partial charge < -0.3 is 15.6 Å². The number of nitrogens with one attached hydrogen (secondary N) is 1. The van der Waals surface area contributed by atoms with E-state index in [0.717, 1.165) is 17.7 Å². The zero-order chi connectivity index (χ0) is 23.8. The number of aromatic nitrogens is 2. The van der Waals surface area contributed by atoms with E-state index >= 15 is 0 Å². The summed E-state index contributed by atoms with van der Waals surface area (Å²) in [5.74, 6) is -0.197. The van der Waals surface area contributed by atoms with Gasteiger partial charge in [-0.15, -0.1) is 0 Å². The molecule has 2 aromatic carbocycles. The molecule has 0 bridgehead atoms. The Morgan fingerprint density at radius 1 is 1.15 bits per heavy atom. The smallest absolute Gasteiger partial charge is 0.398 e. The molecule has 3 N–H and O–H groups in total. The Labute approximate surface area is 190 Å². The van der Waals surface area contributed by atoms with Crippen LogP contribution in [-0.2, 0) is 29.8 Å².